The average molecular weight is 254 g/mol. The highest BCUT2D eigenvalue weighted by molar-refractivity contribution is 5.68. The van der Waals surface area contributed by atoms with Gasteiger partial charge in [-0.05, 0) is 19.8 Å². The van der Waals surface area contributed by atoms with Gasteiger partial charge < -0.3 is 14.9 Å². The molecular formula is C14H22O4. The van der Waals surface area contributed by atoms with Crippen molar-refractivity contribution in [3.05, 3.63) is 36.5 Å². The lowest BCUT2D eigenvalue weighted by Crippen LogP contribution is -2.23. The molecule has 0 aliphatic heterocycles. The van der Waals surface area contributed by atoms with Gasteiger partial charge in [0.25, 0.3) is 0 Å². The molecule has 0 aromatic heterocycles. The van der Waals surface area contributed by atoms with E-state index in [9.17, 15) is 15.0 Å². The summed E-state index contributed by atoms with van der Waals surface area (Å²) in [7, 11) is 1.33. The van der Waals surface area contributed by atoms with E-state index in [2.05, 4.69) is 4.74 Å². The summed E-state index contributed by atoms with van der Waals surface area (Å²) < 4.78 is 4.48. The number of aliphatic hydroxyl groups is 2. The number of hydrogen-bond donors (Lipinski definition) is 2. The lowest BCUT2D eigenvalue weighted by molar-refractivity contribution is -0.140. The van der Waals surface area contributed by atoms with Crippen molar-refractivity contribution in [1.82, 2.24) is 0 Å². The van der Waals surface area contributed by atoms with E-state index in [1.54, 1.807) is 12.2 Å². The maximum Gasteiger partial charge on any atom is 0.305 e. The molecule has 2 atom stereocenters. The SMILES string of the molecule is C\C=C/C=C/C=C/[C@@H](O)[C@@H](O)CCCC(=O)OC. The Morgan fingerprint density at radius 1 is 1.22 bits per heavy atom. The van der Waals surface area contributed by atoms with Crippen molar-refractivity contribution >= 4 is 5.97 Å². The standard InChI is InChI=1S/C14H22O4/c1-3-4-5-6-7-9-12(15)13(16)10-8-11-14(17)18-2/h3-7,9,12-13,15-16H,8,10-11H2,1-2H3/b4-3-,6-5+,9-7+/t12-,13+/m1/s1. The third-order valence-electron chi connectivity index (χ3n) is 2.34. The molecule has 0 aliphatic carbocycles. The molecule has 102 valence electrons. The summed E-state index contributed by atoms with van der Waals surface area (Å²) in [4.78, 5) is 10.8. The van der Waals surface area contributed by atoms with Crippen molar-refractivity contribution in [2.24, 2.45) is 0 Å². The average Bonchev–Trinajstić information content (AvgIpc) is 2.37. The van der Waals surface area contributed by atoms with Gasteiger partial charge in [-0.3, -0.25) is 4.79 Å². The maximum atomic E-state index is 10.8. The van der Waals surface area contributed by atoms with Crippen molar-refractivity contribution < 1.29 is 19.7 Å². The minimum absolute atomic E-state index is 0.255. The molecule has 18 heavy (non-hydrogen) atoms. The van der Waals surface area contributed by atoms with E-state index in [1.165, 1.54) is 13.2 Å². The summed E-state index contributed by atoms with van der Waals surface area (Å²) >= 11 is 0. The predicted octanol–water partition coefficient (Wildman–Crippen LogP) is 1.74. The largest absolute Gasteiger partial charge is 0.469 e. The number of esters is 1. The van der Waals surface area contributed by atoms with Gasteiger partial charge >= 0.3 is 5.97 Å². The molecule has 0 unspecified atom stereocenters. The van der Waals surface area contributed by atoms with Crippen molar-refractivity contribution in [3.63, 3.8) is 0 Å². The molecule has 2 N–H and O–H groups in total. The number of rotatable bonds is 8. The van der Waals surface area contributed by atoms with Gasteiger partial charge in [0, 0.05) is 6.42 Å². The minimum atomic E-state index is -0.919. The second-order valence-corrected chi connectivity index (χ2v) is 3.82. The molecule has 0 aliphatic rings. The first-order valence-corrected chi connectivity index (χ1v) is 6.01. The summed E-state index contributed by atoms with van der Waals surface area (Å²) in [6, 6.07) is 0. The minimum Gasteiger partial charge on any atom is -0.469 e. The van der Waals surface area contributed by atoms with Crippen molar-refractivity contribution in [2.75, 3.05) is 7.11 Å². The van der Waals surface area contributed by atoms with Crippen molar-refractivity contribution in [2.45, 2.75) is 38.4 Å². The van der Waals surface area contributed by atoms with Gasteiger partial charge in [0.15, 0.2) is 0 Å². The smallest absolute Gasteiger partial charge is 0.305 e. The molecule has 0 amide bonds. The Morgan fingerprint density at radius 2 is 1.89 bits per heavy atom. The first kappa shape index (κ1) is 16.6. The molecule has 0 saturated heterocycles. The van der Waals surface area contributed by atoms with Gasteiger partial charge in [0.05, 0.1) is 19.3 Å². The van der Waals surface area contributed by atoms with Crippen LogP contribution >= 0.6 is 0 Å². The van der Waals surface area contributed by atoms with Gasteiger partial charge in [0.2, 0.25) is 0 Å². The van der Waals surface area contributed by atoms with Crippen molar-refractivity contribution in [3.8, 4) is 0 Å². The topological polar surface area (TPSA) is 66.8 Å². The molecule has 0 rings (SSSR count). The van der Waals surface area contributed by atoms with E-state index in [4.69, 9.17) is 0 Å². The molecule has 0 heterocycles. The zero-order chi connectivity index (χ0) is 13.8. The number of allylic oxidation sites excluding steroid dienone is 5. The van der Waals surface area contributed by atoms with E-state index in [0.29, 0.717) is 12.8 Å². The third-order valence-corrected chi connectivity index (χ3v) is 2.34. The van der Waals surface area contributed by atoms with E-state index in [0.717, 1.165) is 0 Å². The van der Waals surface area contributed by atoms with Crippen LogP contribution in [0.15, 0.2) is 36.5 Å². The van der Waals surface area contributed by atoms with Gasteiger partial charge in [-0.15, -0.1) is 0 Å². The first-order valence-electron chi connectivity index (χ1n) is 6.01. The van der Waals surface area contributed by atoms with Gasteiger partial charge in [0.1, 0.15) is 0 Å². The van der Waals surface area contributed by atoms with Gasteiger partial charge in [-0.1, -0.05) is 36.5 Å². The molecule has 4 heteroatoms. The van der Waals surface area contributed by atoms with Crippen LogP contribution in [0.4, 0.5) is 0 Å². The molecule has 0 radical (unpaired) electrons. The van der Waals surface area contributed by atoms with E-state index in [-0.39, 0.29) is 12.4 Å². The summed E-state index contributed by atoms with van der Waals surface area (Å²) in [6.07, 6.45) is 9.87. The number of aliphatic hydroxyl groups excluding tert-OH is 2. The molecule has 4 nitrogen and oxygen atoms in total. The number of carbonyl (C=O) groups excluding carboxylic acids is 1. The van der Waals surface area contributed by atoms with E-state index >= 15 is 0 Å². The van der Waals surface area contributed by atoms with Crippen LogP contribution in [0.25, 0.3) is 0 Å². The molecule has 0 aromatic rings. The van der Waals surface area contributed by atoms with Crippen LogP contribution in [0.5, 0.6) is 0 Å². The summed E-state index contributed by atoms with van der Waals surface area (Å²) in [5, 5.41) is 19.2. The van der Waals surface area contributed by atoms with Crippen LogP contribution in [0, 0.1) is 0 Å². The lowest BCUT2D eigenvalue weighted by Gasteiger charge is -2.13. The highest BCUT2D eigenvalue weighted by Gasteiger charge is 2.13. The van der Waals surface area contributed by atoms with E-state index < -0.39 is 12.2 Å². The Kier molecular flexibility index (Phi) is 9.91. The third kappa shape index (κ3) is 8.73. The quantitative estimate of drug-likeness (QED) is 0.511. The summed E-state index contributed by atoms with van der Waals surface area (Å²) in [5.41, 5.74) is 0. The lowest BCUT2D eigenvalue weighted by atomic mass is 10.1. The van der Waals surface area contributed by atoms with Gasteiger partial charge in [-0.25, -0.2) is 0 Å². The van der Waals surface area contributed by atoms with Crippen LogP contribution in [0.2, 0.25) is 0 Å². The Bertz CT molecular complexity index is 305. The van der Waals surface area contributed by atoms with E-state index in [1.807, 2.05) is 25.2 Å². The summed E-state index contributed by atoms with van der Waals surface area (Å²) in [5.74, 6) is -0.304. The van der Waals surface area contributed by atoms with Crippen LogP contribution in [0.1, 0.15) is 26.2 Å². The molecule has 0 fully saturated rings. The van der Waals surface area contributed by atoms with Crippen LogP contribution in [-0.2, 0) is 9.53 Å². The second-order valence-electron chi connectivity index (χ2n) is 3.82. The molecule has 0 aromatic carbocycles. The summed E-state index contributed by atoms with van der Waals surface area (Å²) in [6.45, 7) is 1.91. The number of methoxy groups -OCH3 is 1. The number of ether oxygens (including phenoxy) is 1. The number of carbonyl (C=O) groups is 1. The van der Waals surface area contributed by atoms with Gasteiger partial charge in [-0.2, -0.15) is 0 Å². The highest BCUT2D eigenvalue weighted by atomic mass is 16.5. The Balaban J connectivity index is 3.88. The fraction of sp³-hybridized carbons (Fsp3) is 0.500. The monoisotopic (exact) mass is 254 g/mol. The van der Waals surface area contributed by atoms with Crippen molar-refractivity contribution in [1.29, 1.82) is 0 Å². The fourth-order valence-electron chi connectivity index (χ4n) is 1.27. The van der Waals surface area contributed by atoms with Crippen LogP contribution in [-0.4, -0.2) is 35.5 Å². The fourth-order valence-corrected chi connectivity index (χ4v) is 1.27. The second kappa shape index (κ2) is 10.7. The van der Waals surface area contributed by atoms with Crippen LogP contribution < -0.4 is 0 Å². The highest BCUT2D eigenvalue weighted by Crippen LogP contribution is 2.07. The Labute approximate surface area is 108 Å². The maximum absolute atomic E-state index is 10.8. The molecule has 0 spiro atoms. The Morgan fingerprint density at radius 3 is 2.50 bits per heavy atom. The normalized spacial score (nSPS) is 15.6. The number of hydrogen-bond acceptors (Lipinski definition) is 4. The molecular weight excluding hydrogens is 232 g/mol. The molecule has 0 bridgehead atoms. The van der Waals surface area contributed by atoms with Crippen LogP contribution in [0.3, 0.4) is 0 Å². The molecule has 0 saturated carbocycles. The predicted molar refractivity (Wildman–Crippen MR) is 71.0 cm³/mol. The zero-order valence-corrected chi connectivity index (χ0v) is 11.0. The first-order chi connectivity index (χ1) is 8.61. The Hall–Kier alpha value is -1.39. The zero-order valence-electron chi connectivity index (χ0n) is 11.0.